The first-order chi connectivity index (χ1) is 8.31. The van der Waals surface area contributed by atoms with Gasteiger partial charge in [0.05, 0.1) is 0 Å². The molecule has 0 saturated heterocycles. The Labute approximate surface area is 106 Å². The zero-order chi connectivity index (χ0) is 12.5. The molecule has 0 aliphatic carbocycles. The number of aryl methyl sites for hydroxylation is 1. The molecule has 0 radical (unpaired) electrons. The Kier molecular flexibility index (Phi) is 6.97. The van der Waals surface area contributed by atoms with Crippen LogP contribution < -0.4 is 5.32 Å². The second-order valence-corrected chi connectivity index (χ2v) is 4.34. The summed E-state index contributed by atoms with van der Waals surface area (Å²) in [6.45, 7) is 13.3. The molecular formula is C14H27N3. The van der Waals surface area contributed by atoms with Gasteiger partial charge >= 0.3 is 0 Å². The Morgan fingerprint density at radius 3 is 2.65 bits per heavy atom. The first-order valence-corrected chi connectivity index (χ1v) is 6.88. The summed E-state index contributed by atoms with van der Waals surface area (Å²) < 4.78 is 2.29. The predicted molar refractivity (Wildman–Crippen MR) is 74.2 cm³/mol. The van der Waals surface area contributed by atoms with Gasteiger partial charge in [0, 0.05) is 25.0 Å². The summed E-state index contributed by atoms with van der Waals surface area (Å²) in [6.07, 6.45) is 3.38. The summed E-state index contributed by atoms with van der Waals surface area (Å²) in [6, 6.07) is 4.32. The summed E-state index contributed by atoms with van der Waals surface area (Å²) in [5.74, 6) is 0. The summed E-state index contributed by atoms with van der Waals surface area (Å²) in [4.78, 5) is 2.47. The van der Waals surface area contributed by atoms with E-state index in [-0.39, 0.29) is 0 Å². The first-order valence-electron chi connectivity index (χ1n) is 6.88. The quantitative estimate of drug-likeness (QED) is 0.665. The van der Waals surface area contributed by atoms with E-state index in [0.717, 1.165) is 32.7 Å². The highest BCUT2D eigenvalue weighted by molar-refractivity contribution is 5.06. The molecule has 0 aliphatic heterocycles. The van der Waals surface area contributed by atoms with Crippen molar-refractivity contribution in [3.8, 4) is 0 Å². The third-order valence-corrected chi connectivity index (χ3v) is 3.29. The van der Waals surface area contributed by atoms with Gasteiger partial charge in [-0.15, -0.1) is 0 Å². The van der Waals surface area contributed by atoms with Gasteiger partial charge in [-0.2, -0.15) is 0 Å². The van der Waals surface area contributed by atoms with Crippen LogP contribution in [0, 0.1) is 0 Å². The lowest BCUT2D eigenvalue weighted by Crippen LogP contribution is -2.27. The van der Waals surface area contributed by atoms with E-state index in [1.54, 1.807) is 0 Å². The van der Waals surface area contributed by atoms with Gasteiger partial charge in [-0.1, -0.05) is 13.8 Å². The molecule has 0 spiro atoms. The maximum Gasteiger partial charge on any atom is 0.0359 e. The minimum absolute atomic E-state index is 0.985. The summed E-state index contributed by atoms with van der Waals surface area (Å²) in [7, 11) is 0. The molecule has 0 unspecified atom stereocenters. The average molecular weight is 237 g/mol. The van der Waals surface area contributed by atoms with Crippen LogP contribution in [0.5, 0.6) is 0 Å². The molecule has 0 aromatic carbocycles. The molecule has 1 heterocycles. The van der Waals surface area contributed by atoms with Crippen molar-refractivity contribution in [3.63, 3.8) is 0 Å². The maximum absolute atomic E-state index is 3.52. The van der Waals surface area contributed by atoms with Gasteiger partial charge in [-0.25, -0.2) is 0 Å². The highest BCUT2D eigenvalue weighted by Gasteiger charge is 2.00. The number of hydrogen-bond acceptors (Lipinski definition) is 2. The van der Waals surface area contributed by atoms with Crippen LogP contribution in [0.15, 0.2) is 18.3 Å². The summed E-state index contributed by atoms with van der Waals surface area (Å²) in [5.41, 5.74) is 1.38. The maximum atomic E-state index is 3.52. The van der Waals surface area contributed by atoms with Crippen molar-refractivity contribution in [2.45, 2.75) is 40.3 Å². The van der Waals surface area contributed by atoms with Gasteiger partial charge in [-0.05, 0) is 51.7 Å². The van der Waals surface area contributed by atoms with Gasteiger partial charge in [0.2, 0.25) is 0 Å². The number of hydrogen-bond donors (Lipinski definition) is 1. The van der Waals surface area contributed by atoms with Crippen LogP contribution in [-0.2, 0) is 13.1 Å². The van der Waals surface area contributed by atoms with E-state index in [1.165, 1.54) is 18.7 Å². The highest BCUT2D eigenvalue weighted by Crippen LogP contribution is 2.01. The van der Waals surface area contributed by atoms with Gasteiger partial charge in [0.1, 0.15) is 0 Å². The zero-order valence-electron chi connectivity index (χ0n) is 11.6. The minimum Gasteiger partial charge on any atom is -0.351 e. The SMILES string of the molecule is CCN(CC)CCCNCc1cccn1CC. The molecule has 17 heavy (non-hydrogen) atoms. The molecule has 0 bridgehead atoms. The Balaban J connectivity index is 2.12. The topological polar surface area (TPSA) is 20.2 Å². The van der Waals surface area contributed by atoms with E-state index in [2.05, 4.69) is 53.9 Å². The third-order valence-electron chi connectivity index (χ3n) is 3.29. The van der Waals surface area contributed by atoms with Crippen LogP contribution in [0.3, 0.4) is 0 Å². The lowest BCUT2D eigenvalue weighted by molar-refractivity contribution is 0.298. The van der Waals surface area contributed by atoms with Crippen LogP contribution in [0.4, 0.5) is 0 Å². The van der Waals surface area contributed by atoms with Crippen molar-refractivity contribution in [3.05, 3.63) is 24.0 Å². The molecule has 1 aromatic rings. The fourth-order valence-electron chi connectivity index (χ4n) is 2.10. The largest absolute Gasteiger partial charge is 0.351 e. The van der Waals surface area contributed by atoms with Crippen molar-refractivity contribution in [1.82, 2.24) is 14.8 Å². The molecule has 0 aliphatic rings. The normalized spacial score (nSPS) is 11.3. The Hall–Kier alpha value is -0.800. The molecule has 0 amide bonds. The molecule has 1 aromatic heterocycles. The van der Waals surface area contributed by atoms with Crippen molar-refractivity contribution < 1.29 is 0 Å². The monoisotopic (exact) mass is 237 g/mol. The highest BCUT2D eigenvalue weighted by atomic mass is 15.1. The van der Waals surface area contributed by atoms with Gasteiger partial charge in [0.25, 0.3) is 0 Å². The fourth-order valence-corrected chi connectivity index (χ4v) is 2.10. The Bertz CT molecular complexity index is 289. The second-order valence-electron chi connectivity index (χ2n) is 4.34. The first kappa shape index (κ1) is 14.3. The van der Waals surface area contributed by atoms with E-state index in [4.69, 9.17) is 0 Å². The van der Waals surface area contributed by atoms with Crippen molar-refractivity contribution in [2.24, 2.45) is 0 Å². The molecule has 3 nitrogen and oxygen atoms in total. The van der Waals surface area contributed by atoms with Gasteiger partial charge in [0.15, 0.2) is 0 Å². The molecule has 98 valence electrons. The Morgan fingerprint density at radius 1 is 1.24 bits per heavy atom. The molecular weight excluding hydrogens is 210 g/mol. The van der Waals surface area contributed by atoms with E-state index in [0.29, 0.717) is 0 Å². The van der Waals surface area contributed by atoms with Gasteiger partial charge < -0.3 is 14.8 Å². The average Bonchev–Trinajstić information content (AvgIpc) is 2.81. The fraction of sp³-hybridized carbons (Fsp3) is 0.714. The molecule has 0 saturated carbocycles. The summed E-state index contributed by atoms with van der Waals surface area (Å²) in [5, 5.41) is 3.52. The van der Waals surface area contributed by atoms with E-state index >= 15 is 0 Å². The lowest BCUT2D eigenvalue weighted by atomic mass is 10.3. The minimum atomic E-state index is 0.985. The zero-order valence-corrected chi connectivity index (χ0v) is 11.6. The predicted octanol–water partition coefficient (Wildman–Crippen LogP) is 2.33. The van der Waals surface area contributed by atoms with E-state index in [1.807, 2.05) is 0 Å². The van der Waals surface area contributed by atoms with Gasteiger partial charge in [-0.3, -0.25) is 0 Å². The van der Waals surface area contributed by atoms with E-state index < -0.39 is 0 Å². The van der Waals surface area contributed by atoms with Crippen LogP contribution >= 0.6 is 0 Å². The standard InChI is InChI=1S/C14H27N3/c1-4-16(5-2)11-8-10-15-13-14-9-7-12-17(14)6-3/h7,9,12,15H,4-6,8,10-11,13H2,1-3H3. The van der Waals surface area contributed by atoms with Crippen molar-refractivity contribution >= 4 is 0 Å². The molecule has 0 fully saturated rings. The second kappa shape index (κ2) is 8.31. The third kappa shape index (κ3) is 4.92. The van der Waals surface area contributed by atoms with Crippen molar-refractivity contribution in [1.29, 1.82) is 0 Å². The lowest BCUT2D eigenvalue weighted by Gasteiger charge is -2.17. The Morgan fingerprint density at radius 2 is 2.00 bits per heavy atom. The number of aromatic nitrogens is 1. The molecule has 0 atom stereocenters. The number of nitrogens with zero attached hydrogens (tertiary/aromatic N) is 2. The molecule has 1 rings (SSSR count). The smallest absolute Gasteiger partial charge is 0.0359 e. The van der Waals surface area contributed by atoms with Crippen LogP contribution in [0.25, 0.3) is 0 Å². The van der Waals surface area contributed by atoms with Crippen molar-refractivity contribution in [2.75, 3.05) is 26.2 Å². The van der Waals surface area contributed by atoms with E-state index in [9.17, 15) is 0 Å². The number of nitrogens with one attached hydrogen (secondary N) is 1. The number of rotatable bonds is 9. The van der Waals surface area contributed by atoms with Crippen LogP contribution in [-0.4, -0.2) is 35.6 Å². The van der Waals surface area contributed by atoms with Crippen LogP contribution in [0.1, 0.15) is 32.9 Å². The molecule has 1 N–H and O–H groups in total. The van der Waals surface area contributed by atoms with Crippen LogP contribution in [0.2, 0.25) is 0 Å². The molecule has 3 heteroatoms. The summed E-state index contributed by atoms with van der Waals surface area (Å²) >= 11 is 0.